The Kier molecular flexibility index (Phi) is 6.59. The fraction of sp³-hybridized carbons (Fsp3) is 0.300. The van der Waals surface area contributed by atoms with Crippen LogP contribution in [0.1, 0.15) is 24.9 Å². The van der Waals surface area contributed by atoms with Gasteiger partial charge in [-0.3, -0.25) is 14.5 Å². The molecule has 0 unspecified atom stereocenters. The van der Waals surface area contributed by atoms with Gasteiger partial charge < -0.3 is 10.6 Å². The molecular weight excluding hydrogens is 442 g/mol. The highest BCUT2D eigenvalue weighted by Crippen LogP contribution is 2.37. The van der Waals surface area contributed by atoms with Crippen molar-refractivity contribution in [3.63, 3.8) is 0 Å². The number of alkyl halides is 3. The van der Waals surface area contributed by atoms with Gasteiger partial charge in [-0.25, -0.2) is 0 Å². The van der Waals surface area contributed by atoms with Crippen LogP contribution in [-0.2, 0) is 9.59 Å². The number of hydrogen-bond donors (Lipinski definition) is 2. The molecule has 0 radical (unpaired) electrons. The summed E-state index contributed by atoms with van der Waals surface area (Å²) in [5, 5.41) is 6.15. The molecule has 0 aliphatic carbocycles. The molecule has 0 saturated heterocycles. The third kappa shape index (κ3) is 4.88. The molecule has 5 nitrogen and oxygen atoms in total. The number of rotatable bonds is 4. The Morgan fingerprint density at radius 1 is 1.27 bits per heavy atom. The molecule has 0 saturated carbocycles. The first-order valence-electron chi connectivity index (χ1n) is 9.04. The highest BCUT2D eigenvalue weighted by Gasteiger charge is 2.48. The van der Waals surface area contributed by atoms with Gasteiger partial charge in [0.05, 0.1) is 24.3 Å². The Morgan fingerprint density at radius 3 is 2.63 bits per heavy atom. The van der Waals surface area contributed by atoms with Crippen LogP contribution >= 0.6 is 23.2 Å². The highest BCUT2D eigenvalue weighted by atomic mass is 35.5. The van der Waals surface area contributed by atoms with E-state index in [-0.39, 0.29) is 11.4 Å². The van der Waals surface area contributed by atoms with Gasteiger partial charge in [-0.05, 0) is 36.8 Å². The molecule has 2 amide bonds. The van der Waals surface area contributed by atoms with Gasteiger partial charge in [-0.15, -0.1) is 0 Å². The summed E-state index contributed by atoms with van der Waals surface area (Å²) >= 11 is 12.0. The van der Waals surface area contributed by atoms with E-state index in [0.29, 0.717) is 20.5 Å². The number of halogens is 5. The molecule has 10 heteroatoms. The Hall–Kier alpha value is -2.29. The molecule has 2 atom stereocenters. The molecule has 1 aliphatic heterocycles. The first-order chi connectivity index (χ1) is 14.1. The van der Waals surface area contributed by atoms with Gasteiger partial charge >= 0.3 is 6.18 Å². The first kappa shape index (κ1) is 22.4. The van der Waals surface area contributed by atoms with Crippen molar-refractivity contribution in [2.24, 2.45) is 0 Å². The van der Waals surface area contributed by atoms with Gasteiger partial charge in [0.2, 0.25) is 11.8 Å². The van der Waals surface area contributed by atoms with E-state index in [2.05, 4.69) is 10.6 Å². The highest BCUT2D eigenvalue weighted by molar-refractivity contribution is 6.35. The Balaban J connectivity index is 1.86. The van der Waals surface area contributed by atoms with Crippen molar-refractivity contribution >= 4 is 46.4 Å². The molecule has 0 fully saturated rings. The van der Waals surface area contributed by atoms with Gasteiger partial charge in [0, 0.05) is 16.1 Å². The second-order valence-electron chi connectivity index (χ2n) is 6.86. The maximum absolute atomic E-state index is 13.7. The van der Waals surface area contributed by atoms with E-state index in [1.807, 2.05) is 0 Å². The van der Waals surface area contributed by atoms with E-state index in [9.17, 15) is 22.8 Å². The van der Waals surface area contributed by atoms with Crippen molar-refractivity contribution in [2.45, 2.75) is 31.6 Å². The molecule has 2 aromatic carbocycles. The second kappa shape index (κ2) is 8.83. The van der Waals surface area contributed by atoms with Crippen molar-refractivity contribution in [3.05, 3.63) is 58.1 Å². The van der Waals surface area contributed by atoms with Crippen LogP contribution in [-0.4, -0.2) is 30.6 Å². The predicted molar refractivity (Wildman–Crippen MR) is 110 cm³/mol. The number of carbonyl (C=O) groups is 2. The molecule has 0 aromatic heterocycles. The van der Waals surface area contributed by atoms with Crippen LogP contribution in [0, 0.1) is 0 Å². The van der Waals surface area contributed by atoms with Gasteiger partial charge in [-0.1, -0.05) is 41.4 Å². The SMILES string of the molecule is C[C@@H](NCC(=O)N1c2ccccc2NC(=O)C[C@H]1C(F)(F)F)c1ccc(Cl)cc1Cl. The van der Waals surface area contributed by atoms with Gasteiger partial charge in [0.1, 0.15) is 6.04 Å². The molecular formula is C20H18Cl2F3N3O2. The van der Waals surface area contributed by atoms with E-state index in [1.54, 1.807) is 31.2 Å². The van der Waals surface area contributed by atoms with Crippen molar-refractivity contribution in [1.29, 1.82) is 0 Å². The number of para-hydroxylation sites is 2. The molecule has 1 aliphatic rings. The summed E-state index contributed by atoms with van der Waals surface area (Å²) in [6, 6.07) is 8.05. The lowest BCUT2D eigenvalue weighted by Crippen LogP contribution is -2.52. The number of carbonyl (C=O) groups excluding carboxylic acids is 2. The van der Waals surface area contributed by atoms with Crippen LogP contribution in [0.4, 0.5) is 24.5 Å². The van der Waals surface area contributed by atoms with Crippen LogP contribution in [0.5, 0.6) is 0 Å². The summed E-state index contributed by atoms with van der Waals surface area (Å²) in [7, 11) is 0. The normalized spacial score (nSPS) is 17.7. The Morgan fingerprint density at radius 2 is 1.97 bits per heavy atom. The van der Waals surface area contributed by atoms with Crippen LogP contribution in [0.3, 0.4) is 0 Å². The van der Waals surface area contributed by atoms with E-state index in [0.717, 1.165) is 0 Å². The van der Waals surface area contributed by atoms with Crippen molar-refractivity contribution in [3.8, 4) is 0 Å². The summed E-state index contributed by atoms with van der Waals surface area (Å²) in [6.45, 7) is 1.33. The average molecular weight is 460 g/mol. The summed E-state index contributed by atoms with van der Waals surface area (Å²) < 4.78 is 41.2. The summed E-state index contributed by atoms with van der Waals surface area (Å²) in [4.78, 5) is 25.6. The lowest BCUT2D eigenvalue weighted by Gasteiger charge is -2.32. The van der Waals surface area contributed by atoms with E-state index in [4.69, 9.17) is 23.2 Å². The summed E-state index contributed by atoms with van der Waals surface area (Å²) in [5.41, 5.74) is 0.792. The monoisotopic (exact) mass is 459 g/mol. The Bertz CT molecular complexity index is 969. The third-order valence-corrected chi connectivity index (χ3v) is 5.33. The molecule has 160 valence electrons. The quantitative estimate of drug-likeness (QED) is 0.679. The standard InChI is InChI=1S/C20H18Cl2F3N3O2/c1-11(13-7-6-12(21)8-14(13)22)26-10-19(30)28-16-5-3-2-4-15(16)27-18(29)9-17(28)20(23,24)25/h2-8,11,17,26H,9-10H2,1H3,(H,27,29)/t11-,17+/m1/s1. The van der Waals surface area contributed by atoms with Crippen molar-refractivity contribution in [2.75, 3.05) is 16.8 Å². The molecule has 2 aromatic rings. The molecule has 0 spiro atoms. The molecule has 30 heavy (non-hydrogen) atoms. The van der Waals surface area contributed by atoms with Gasteiger partial charge in [0.25, 0.3) is 0 Å². The first-order valence-corrected chi connectivity index (χ1v) is 9.79. The molecule has 2 N–H and O–H groups in total. The van der Waals surface area contributed by atoms with Crippen LogP contribution in [0.25, 0.3) is 0 Å². The van der Waals surface area contributed by atoms with Crippen LogP contribution < -0.4 is 15.5 Å². The Labute approximate surface area is 181 Å². The lowest BCUT2D eigenvalue weighted by atomic mass is 10.1. The number of anilines is 2. The second-order valence-corrected chi connectivity index (χ2v) is 7.70. The van der Waals surface area contributed by atoms with E-state index in [1.165, 1.54) is 18.2 Å². The number of benzene rings is 2. The third-order valence-electron chi connectivity index (χ3n) is 4.76. The summed E-state index contributed by atoms with van der Waals surface area (Å²) in [6.07, 6.45) is -5.67. The number of nitrogens with zero attached hydrogens (tertiary/aromatic N) is 1. The number of amides is 2. The minimum atomic E-state index is -4.78. The van der Waals surface area contributed by atoms with Crippen molar-refractivity contribution < 1.29 is 22.8 Å². The fourth-order valence-corrected chi connectivity index (χ4v) is 3.86. The fourth-order valence-electron chi connectivity index (χ4n) is 3.28. The maximum Gasteiger partial charge on any atom is 0.409 e. The summed E-state index contributed by atoms with van der Waals surface area (Å²) in [5.74, 6) is -1.63. The maximum atomic E-state index is 13.7. The van der Waals surface area contributed by atoms with Crippen LogP contribution in [0.15, 0.2) is 42.5 Å². The number of nitrogens with one attached hydrogen (secondary N) is 2. The lowest BCUT2D eigenvalue weighted by molar-refractivity contribution is -0.157. The predicted octanol–water partition coefficient (Wildman–Crippen LogP) is 4.95. The molecule has 0 bridgehead atoms. The van der Waals surface area contributed by atoms with E-state index >= 15 is 0 Å². The van der Waals surface area contributed by atoms with Gasteiger partial charge in [0.15, 0.2) is 0 Å². The number of fused-ring (bicyclic) bond motifs is 1. The minimum absolute atomic E-state index is 0.00495. The largest absolute Gasteiger partial charge is 0.409 e. The van der Waals surface area contributed by atoms with Crippen LogP contribution in [0.2, 0.25) is 10.0 Å². The zero-order valence-electron chi connectivity index (χ0n) is 15.8. The zero-order chi connectivity index (χ0) is 22.1. The zero-order valence-corrected chi connectivity index (χ0v) is 17.3. The number of hydrogen-bond acceptors (Lipinski definition) is 3. The van der Waals surface area contributed by atoms with Crippen molar-refractivity contribution in [1.82, 2.24) is 5.32 Å². The molecule has 1 heterocycles. The molecule has 3 rings (SSSR count). The topological polar surface area (TPSA) is 61.4 Å². The van der Waals surface area contributed by atoms with Gasteiger partial charge in [-0.2, -0.15) is 13.2 Å². The van der Waals surface area contributed by atoms with E-state index < -0.39 is 43.0 Å². The minimum Gasteiger partial charge on any atom is -0.324 e. The smallest absolute Gasteiger partial charge is 0.324 e. The average Bonchev–Trinajstić information content (AvgIpc) is 2.81.